The molecule has 7 nitrogen and oxygen atoms in total. The van der Waals surface area contributed by atoms with E-state index in [0.717, 1.165) is 18.1 Å². The standard InChI is InChI=1S/C15H18N4O3S/c1-23(21,22)14(16)13-3-2-6-19(13)15(20)10-4-5-11-8-17-9-18-12(11)7-10/h4-5,7-9,13-14H,2-3,6,16H2,1H3/t13-,14?/m1/s1. The number of carbonyl (C=O) groups is 1. The third-order valence-corrected chi connectivity index (χ3v) is 5.49. The van der Waals surface area contributed by atoms with E-state index in [1.54, 1.807) is 29.3 Å². The van der Waals surface area contributed by atoms with Gasteiger partial charge in [0.2, 0.25) is 0 Å². The molecule has 2 N–H and O–H groups in total. The molecule has 1 unspecified atom stereocenters. The summed E-state index contributed by atoms with van der Waals surface area (Å²) in [5.41, 5.74) is 7.00. The molecule has 1 aliphatic heterocycles. The molecule has 1 fully saturated rings. The van der Waals surface area contributed by atoms with Crippen molar-refractivity contribution in [3.05, 3.63) is 36.3 Å². The van der Waals surface area contributed by atoms with Crippen LogP contribution >= 0.6 is 0 Å². The van der Waals surface area contributed by atoms with E-state index in [9.17, 15) is 13.2 Å². The van der Waals surface area contributed by atoms with Gasteiger partial charge < -0.3 is 10.6 Å². The topological polar surface area (TPSA) is 106 Å². The molecule has 0 bridgehead atoms. The molecule has 0 saturated carbocycles. The van der Waals surface area contributed by atoms with Crippen LogP contribution in [0.25, 0.3) is 10.9 Å². The van der Waals surface area contributed by atoms with Crippen LogP contribution in [0.3, 0.4) is 0 Å². The van der Waals surface area contributed by atoms with E-state index in [1.165, 1.54) is 6.33 Å². The zero-order valence-electron chi connectivity index (χ0n) is 12.7. The van der Waals surface area contributed by atoms with Crippen molar-refractivity contribution in [1.82, 2.24) is 14.9 Å². The van der Waals surface area contributed by atoms with Gasteiger partial charge in [0.25, 0.3) is 5.91 Å². The minimum absolute atomic E-state index is 0.216. The first-order chi connectivity index (χ1) is 10.9. The van der Waals surface area contributed by atoms with E-state index in [2.05, 4.69) is 9.97 Å². The van der Waals surface area contributed by atoms with Crippen LogP contribution in [0.5, 0.6) is 0 Å². The molecule has 23 heavy (non-hydrogen) atoms. The molecule has 2 heterocycles. The third-order valence-electron chi connectivity index (χ3n) is 4.19. The van der Waals surface area contributed by atoms with Crippen molar-refractivity contribution in [3.63, 3.8) is 0 Å². The molecule has 1 aliphatic rings. The lowest BCUT2D eigenvalue weighted by Crippen LogP contribution is -2.50. The maximum Gasteiger partial charge on any atom is 0.254 e. The van der Waals surface area contributed by atoms with E-state index in [-0.39, 0.29) is 5.91 Å². The van der Waals surface area contributed by atoms with Gasteiger partial charge in [0.1, 0.15) is 11.7 Å². The molecule has 2 aromatic rings. The van der Waals surface area contributed by atoms with Crippen LogP contribution in [-0.2, 0) is 9.84 Å². The summed E-state index contributed by atoms with van der Waals surface area (Å²) in [5, 5.41) is -0.216. The molecule has 8 heteroatoms. The zero-order valence-corrected chi connectivity index (χ0v) is 13.5. The highest BCUT2D eigenvalue weighted by Crippen LogP contribution is 2.24. The van der Waals surface area contributed by atoms with Gasteiger partial charge in [-0.1, -0.05) is 6.07 Å². The monoisotopic (exact) mass is 334 g/mol. The maximum atomic E-state index is 12.8. The number of hydrogen-bond donors (Lipinski definition) is 1. The Balaban J connectivity index is 1.91. The predicted molar refractivity (Wildman–Crippen MR) is 86.4 cm³/mol. The van der Waals surface area contributed by atoms with Gasteiger partial charge in [-0.2, -0.15) is 0 Å². The van der Waals surface area contributed by atoms with Gasteiger partial charge in [-0.15, -0.1) is 0 Å². The van der Waals surface area contributed by atoms with Crippen molar-refractivity contribution in [2.24, 2.45) is 5.73 Å². The fraction of sp³-hybridized carbons (Fsp3) is 0.400. The van der Waals surface area contributed by atoms with Crippen molar-refractivity contribution < 1.29 is 13.2 Å². The van der Waals surface area contributed by atoms with Crippen molar-refractivity contribution in [2.45, 2.75) is 24.3 Å². The number of likely N-dealkylation sites (tertiary alicyclic amines) is 1. The van der Waals surface area contributed by atoms with Gasteiger partial charge in [0.15, 0.2) is 9.84 Å². The molecule has 0 spiro atoms. The highest BCUT2D eigenvalue weighted by molar-refractivity contribution is 7.91. The predicted octanol–water partition coefficient (Wildman–Crippen LogP) is 0.564. The molecule has 1 amide bonds. The average Bonchev–Trinajstić information content (AvgIpc) is 3.01. The van der Waals surface area contributed by atoms with Gasteiger partial charge in [0.05, 0.1) is 11.6 Å². The fourth-order valence-corrected chi connectivity index (χ4v) is 3.80. The van der Waals surface area contributed by atoms with Crippen molar-refractivity contribution >= 4 is 26.6 Å². The summed E-state index contributed by atoms with van der Waals surface area (Å²) in [5.74, 6) is -0.216. The molecule has 2 atom stereocenters. The highest BCUT2D eigenvalue weighted by Gasteiger charge is 2.37. The normalized spacial score (nSPS) is 19.9. The van der Waals surface area contributed by atoms with Gasteiger partial charge >= 0.3 is 0 Å². The average molecular weight is 334 g/mol. The van der Waals surface area contributed by atoms with E-state index >= 15 is 0 Å². The van der Waals surface area contributed by atoms with Gasteiger partial charge in [-0.25, -0.2) is 18.4 Å². The smallest absolute Gasteiger partial charge is 0.254 e. The summed E-state index contributed by atoms with van der Waals surface area (Å²) >= 11 is 0. The number of hydrogen-bond acceptors (Lipinski definition) is 6. The molecule has 0 aliphatic carbocycles. The summed E-state index contributed by atoms with van der Waals surface area (Å²) in [6, 6.07) is 4.69. The van der Waals surface area contributed by atoms with Crippen molar-refractivity contribution in [3.8, 4) is 0 Å². The maximum absolute atomic E-state index is 12.8. The first-order valence-corrected chi connectivity index (χ1v) is 9.28. The Bertz CT molecular complexity index is 853. The first kappa shape index (κ1) is 15.8. The van der Waals surface area contributed by atoms with E-state index in [0.29, 0.717) is 24.0 Å². The molecule has 1 aromatic heterocycles. The summed E-state index contributed by atoms with van der Waals surface area (Å²) in [6.07, 6.45) is 5.54. The van der Waals surface area contributed by atoms with E-state index in [1.807, 2.05) is 0 Å². The quantitative estimate of drug-likeness (QED) is 0.879. The Labute approximate surface area is 134 Å². The lowest BCUT2D eigenvalue weighted by Gasteiger charge is -2.28. The van der Waals surface area contributed by atoms with Crippen molar-refractivity contribution in [1.29, 1.82) is 0 Å². The van der Waals surface area contributed by atoms with E-state index < -0.39 is 21.3 Å². The minimum Gasteiger partial charge on any atom is -0.333 e. The number of carbonyl (C=O) groups excluding carboxylic acids is 1. The number of benzene rings is 1. The molecule has 122 valence electrons. The van der Waals surface area contributed by atoms with Gasteiger partial charge in [0, 0.05) is 29.9 Å². The summed E-state index contributed by atoms with van der Waals surface area (Å²) in [7, 11) is -3.41. The van der Waals surface area contributed by atoms with E-state index in [4.69, 9.17) is 5.73 Å². The first-order valence-electron chi connectivity index (χ1n) is 7.33. The zero-order chi connectivity index (χ0) is 16.6. The number of amides is 1. The molecule has 1 aromatic carbocycles. The summed E-state index contributed by atoms with van der Waals surface area (Å²) in [4.78, 5) is 22.4. The molecule has 3 rings (SSSR count). The van der Waals surface area contributed by atoms with Crippen LogP contribution in [0.4, 0.5) is 0 Å². The lowest BCUT2D eigenvalue weighted by molar-refractivity contribution is 0.0734. The second-order valence-electron chi connectivity index (χ2n) is 5.80. The van der Waals surface area contributed by atoms with Crippen LogP contribution in [0.1, 0.15) is 23.2 Å². The minimum atomic E-state index is -3.41. The summed E-state index contributed by atoms with van der Waals surface area (Å²) < 4.78 is 23.4. The summed E-state index contributed by atoms with van der Waals surface area (Å²) in [6.45, 7) is 0.508. The third kappa shape index (κ3) is 3.04. The van der Waals surface area contributed by atoms with Crippen LogP contribution < -0.4 is 5.73 Å². The van der Waals surface area contributed by atoms with Crippen LogP contribution in [0.15, 0.2) is 30.7 Å². The fourth-order valence-electron chi connectivity index (χ4n) is 2.94. The second kappa shape index (κ2) is 5.86. The molecular formula is C15H18N4O3S. The number of sulfone groups is 1. The van der Waals surface area contributed by atoms with Gasteiger partial charge in [-0.05, 0) is 25.0 Å². The number of nitrogens with two attached hydrogens (primary N) is 1. The lowest BCUT2D eigenvalue weighted by atomic mass is 10.1. The number of rotatable bonds is 3. The second-order valence-corrected chi connectivity index (χ2v) is 8.00. The largest absolute Gasteiger partial charge is 0.333 e. The number of nitrogens with zero attached hydrogens (tertiary/aromatic N) is 3. The number of aromatic nitrogens is 2. The van der Waals surface area contributed by atoms with Gasteiger partial charge in [-0.3, -0.25) is 4.79 Å². The van der Waals surface area contributed by atoms with Crippen LogP contribution in [0.2, 0.25) is 0 Å². The molecule has 1 saturated heterocycles. The SMILES string of the molecule is CS(=O)(=O)C(N)[C@H]1CCCN1C(=O)c1ccc2cncnc2c1. The van der Waals surface area contributed by atoms with Crippen LogP contribution in [0, 0.1) is 0 Å². The highest BCUT2D eigenvalue weighted by atomic mass is 32.2. The Morgan fingerprint density at radius 3 is 2.96 bits per heavy atom. The van der Waals surface area contributed by atoms with Crippen LogP contribution in [-0.4, -0.2) is 53.4 Å². The Morgan fingerprint density at radius 1 is 1.43 bits per heavy atom. The Morgan fingerprint density at radius 2 is 2.22 bits per heavy atom. The molecular weight excluding hydrogens is 316 g/mol. The molecule has 0 radical (unpaired) electrons. The number of fused-ring (bicyclic) bond motifs is 1. The Kier molecular flexibility index (Phi) is 4.03. The van der Waals surface area contributed by atoms with Crippen molar-refractivity contribution in [2.75, 3.05) is 12.8 Å². The Hall–Kier alpha value is -2.06.